The molecule has 0 fully saturated rings. The molecule has 0 aromatic carbocycles. The van der Waals surface area contributed by atoms with Crippen molar-refractivity contribution in [1.82, 2.24) is 5.32 Å². The first-order valence-corrected chi connectivity index (χ1v) is 11.7. The van der Waals surface area contributed by atoms with Gasteiger partial charge in [-0.3, -0.25) is 9.59 Å². The van der Waals surface area contributed by atoms with Gasteiger partial charge in [0.1, 0.15) is 6.04 Å². The standard InChI is InChI=1S/C23H43NO5.K.H/c1-2-3-4-5-6-7-8-9-10-11-12-13-14-15-16-17-21(25)24-20(23(28)29)18-19-22(26)27;;/h20H,2-19H2,1H3,(H,24,25)(H,26,27)(H,28,29);;/q;+1;-1. The summed E-state index contributed by atoms with van der Waals surface area (Å²) in [5, 5.41) is 20.1. The predicted octanol–water partition coefficient (Wildman–Crippen LogP) is 2.80. The van der Waals surface area contributed by atoms with Crippen LogP contribution in [0.5, 0.6) is 0 Å². The molecule has 30 heavy (non-hydrogen) atoms. The molecule has 1 unspecified atom stereocenters. The third-order valence-corrected chi connectivity index (χ3v) is 5.29. The van der Waals surface area contributed by atoms with Gasteiger partial charge in [-0.15, -0.1) is 0 Å². The van der Waals surface area contributed by atoms with Gasteiger partial charge in [0.2, 0.25) is 5.91 Å². The molecule has 0 rings (SSSR count). The first-order valence-electron chi connectivity index (χ1n) is 11.7. The number of amides is 1. The Morgan fingerprint density at radius 1 is 0.700 bits per heavy atom. The van der Waals surface area contributed by atoms with Gasteiger partial charge in [0.05, 0.1) is 0 Å². The molecule has 0 saturated heterocycles. The zero-order valence-corrected chi connectivity index (χ0v) is 22.5. The number of carboxylic acid groups (broad SMARTS) is 2. The molecular weight excluding hydrogens is 409 g/mol. The molecular formula is C23H44KNO5. The van der Waals surface area contributed by atoms with E-state index < -0.39 is 18.0 Å². The number of carbonyl (C=O) groups is 3. The second-order valence-corrected chi connectivity index (χ2v) is 8.09. The van der Waals surface area contributed by atoms with Crippen LogP contribution in [0.2, 0.25) is 0 Å². The molecule has 0 aromatic rings. The van der Waals surface area contributed by atoms with Gasteiger partial charge >= 0.3 is 63.3 Å². The number of rotatable bonds is 21. The number of hydrogen-bond acceptors (Lipinski definition) is 3. The van der Waals surface area contributed by atoms with Crippen LogP contribution < -0.4 is 56.7 Å². The van der Waals surface area contributed by atoms with Crippen molar-refractivity contribution >= 4 is 17.8 Å². The van der Waals surface area contributed by atoms with Crippen molar-refractivity contribution in [2.24, 2.45) is 0 Å². The number of unbranched alkanes of at least 4 members (excludes halogenated alkanes) is 14. The van der Waals surface area contributed by atoms with Gasteiger partial charge in [0.15, 0.2) is 0 Å². The van der Waals surface area contributed by atoms with Gasteiger partial charge in [-0.25, -0.2) is 4.79 Å². The molecule has 0 saturated carbocycles. The topological polar surface area (TPSA) is 104 Å². The first-order chi connectivity index (χ1) is 14.0. The number of carboxylic acids is 2. The second kappa shape index (κ2) is 23.7. The molecule has 0 aliphatic heterocycles. The monoisotopic (exact) mass is 453 g/mol. The fourth-order valence-electron chi connectivity index (χ4n) is 3.45. The van der Waals surface area contributed by atoms with Crippen molar-refractivity contribution in [2.45, 2.75) is 129 Å². The minimum absolute atomic E-state index is 0. The molecule has 0 aromatic heterocycles. The number of aliphatic carboxylic acids is 2. The quantitative estimate of drug-likeness (QED) is 0.183. The van der Waals surface area contributed by atoms with Crippen LogP contribution in [0.4, 0.5) is 0 Å². The van der Waals surface area contributed by atoms with Crippen LogP contribution >= 0.6 is 0 Å². The van der Waals surface area contributed by atoms with Crippen LogP contribution in [-0.2, 0) is 14.4 Å². The van der Waals surface area contributed by atoms with Crippen LogP contribution in [-0.4, -0.2) is 34.1 Å². The summed E-state index contributed by atoms with van der Waals surface area (Å²) in [6.07, 6.45) is 18.8. The Kier molecular flexibility index (Phi) is 25.5. The number of hydrogen-bond donors (Lipinski definition) is 3. The summed E-state index contributed by atoms with van der Waals surface area (Å²) in [5.74, 6) is -2.55. The fraction of sp³-hybridized carbons (Fsp3) is 0.870. The maximum atomic E-state index is 11.8. The minimum Gasteiger partial charge on any atom is -1.00 e. The molecule has 1 atom stereocenters. The van der Waals surface area contributed by atoms with Crippen LogP contribution in [0.3, 0.4) is 0 Å². The summed E-state index contributed by atoms with van der Waals surface area (Å²) >= 11 is 0. The largest absolute Gasteiger partial charge is 1.00 e. The Morgan fingerprint density at radius 3 is 1.47 bits per heavy atom. The van der Waals surface area contributed by atoms with Gasteiger partial charge in [-0.2, -0.15) is 0 Å². The van der Waals surface area contributed by atoms with E-state index in [-0.39, 0.29) is 71.6 Å². The van der Waals surface area contributed by atoms with E-state index in [0.29, 0.717) is 6.42 Å². The summed E-state index contributed by atoms with van der Waals surface area (Å²) in [7, 11) is 0. The van der Waals surface area contributed by atoms with Crippen molar-refractivity contribution in [1.29, 1.82) is 0 Å². The maximum Gasteiger partial charge on any atom is 1.00 e. The fourth-order valence-corrected chi connectivity index (χ4v) is 3.45. The van der Waals surface area contributed by atoms with E-state index in [1.807, 2.05) is 0 Å². The molecule has 0 spiro atoms. The third-order valence-electron chi connectivity index (χ3n) is 5.29. The molecule has 172 valence electrons. The average molecular weight is 454 g/mol. The van der Waals surface area contributed by atoms with E-state index in [9.17, 15) is 14.4 Å². The molecule has 0 aliphatic carbocycles. The molecule has 0 radical (unpaired) electrons. The predicted molar refractivity (Wildman–Crippen MR) is 117 cm³/mol. The Labute approximate surface area is 227 Å². The normalized spacial score (nSPS) is 11.5. The minimum atomic E-state index is -1.18. The van der Waals surface area contributed by atoms with E-state index in [4.69, 9.17) is 10.2 Å². The maximum absolute atomic E-state index is 11.8. The van der Waals surface area contributed by atoms with Gasteiger partial charge < -0.3 is 17.0 Å². The summed E-state index contributed by atoms with van der Waals surface area (Å²) in [4.78, 5) is 33.4. The van der Waals surface area contributed by atoms with Crippen molar-refractivity contribution < 1.29 is 77.4 Å². The van der Waals surface area contributed by atoms with Crippen LogP contribution in [0.15, 0.2) is 0 Å². The van der Waals surface area contributed by atoms with Crippen molar-refractivity contribution in [3.8, 4) is 0 Å². The molecule has 6 nitrogen and oxygen atoms in total. The summed E-state index contributed by atoms with van der Waals surface area (Å²) < 4.78 is 0. The molecule has 0 bridgehead atoms. The average Bonchev–Trinajstić information content (AvgIpc) is 2.67. The smallest absolute Gasteiger partial charge is 1.00 e. The van der Waals surface area contributed by atoms with E-state index in [0.717, 1.165) is 19.3 Å². The Hall–Kier alpha value is 0.0464. The van der Waals surface area contributed by atoms with E-state index in [1.54, 1.807) is 0 Å². The van der Waals surface area contributed by atoms with Crippen molar-refractivity contribution in [2.75, 3.05) is 0 Å². The molecule has 1 amide bonds. The van der Waals surface area contributed by atoms with Gasteiger partial charge in [-0.05, 0) is 12.8 Å². The zero-order chi connectivity index (χ0) is 21.7. The zero-order valence-electron chi connectivity index (χ0n) is 20.4. The third kappa shape index (κ3) is 22.7. The molecule has 0 aliphatic rings. The van der Waals surface area contributed by atoms with E-state index in [2.05, 4.69) is 12.2 Å². The van der Waals surface area contributed by atoms with Crippen molar-refractivity contribution in [3.63, 3.8) is 0 Å². The van der Waals surface area contributed by atoms with E-state index >= 15 is 0 Å². The van der Waals surface area contributed by atoms with Gasteiger partial charge in [-0.1, -0.05) is 96.8 Å². The summed E-state index contributed by atoms with van der Waals surface area (Å²) in [6, 6.07) is -1.12. The van der Waals surface area contributed by atoms with E-state index in [1.165, 1.54) is 77.0 Å². The molecule has 3 N–H and O–H groups in total. The van der Waals surface area contributed by atoms with Gasteiger partial charge in [0.25, 0.3) is 0 Å². The van der Waals surface area contributed by atoms with Crippen LogP contribution in [0, 0.1) is 0 Å². The van der Waals surface area contributed by atoms with Crippen molar-refractivity contribution in [3.05, 3.63) is 0 Å². The number of carbonyl (C=O) groups excluding carboxylic acids is 1. The van der Waals surface area contributed by atoms with Crippen LogP contribution in [0.25, 0.3) is 0 Å². The first kappa shape index (κ1) is 32.2. The Morgan fingerprint density at radius 2 is 1.10 bits per heavy atom. The molecule has 7 heteroatoms. The Balaban J connectivity index is -0.00000392. The van der Waals surface area contributed by atoms with Gasteiger partial charge in [0, 0.05) is 12.8 Å². The second-order valence-electron chi connectivity index (χ2n) is 8.09. The van der Waals surface area contributed by atoms with Crippen LogP contribution in [0.1, 0.15) is 124 Å². The summed E-state index contributed by atoms with van der Waals surface area (Å²) in [5.41, 5.74) is 0. The summed E-state index contributed by atoms with van der Waals surface area (Å²) in [6.45, 7) is 2.25. The SMILES string of the molecule is CCCCCCCCCCCCCCCCCC(=O)NC(CCC(=O)O)C(=O)O.[H-].[K+]. The Bertz CT molecular complexity index is 452. The molecule has 0 heterocycles. The number of nitrogens with one attached hydrogen (secondary N) is 1.